The van der Waals surface area contributed by atoms with E-state index < -0.39 is 33.4 Å². The largest absolute Gasteiger partial charge is 0.497 e. The molecule has 0 aromatic heterocycles. The Hall–Kier alpha value is -5.23. The highest BCUT2D eigenvalue weighted by Crippen LogP contribution is 2.30. The molecule has 0 saturated carbocycles. The standard InChI is InChI=1S/C35H38N4O7S/c1-25(2)36-35(41)33(21-27-11-7-5-8-12-27)37(23-28-13-9-6-10-14-28)34(40)24-38(29-16-18-30(46-4)19-17-29)47(44,45)31-20-15-26(3)32(22-31)39(42)43/h5-20,22,25,33H,21,23-24H2,1-4H3,(H,36,41). The number of anilines is 1. The van der Waals surface area contributed by atoms with E-state index in [1.807, 2.05) is 74.5 Å². The van der Waals surface area contributed by atoms with Crippen LogP contribution in [-0.4, -0.2) is 55.8 Å². The molecule has 0 aliphatic rings. The number of carbonyl (C=O) groups excluding carboxylic acids is 2. The first-order chi connectivity index (χ1) is 22.4. The van der Waals surface area contributed by atoms with Gasteiger partial charge in [0.15, 0.2) is 0 Å². The Kier molecular flexibility index (Phi) is 11.3. The van der Waals surface area contributed by atoms with Crippen LogP contribution in [0.5, 0.6) is 5.75 Å². The minimum absolute atomic E-state index is 0.0230. The molecule has 12 heteroatoms. The second-order valence-corrected chi connectivity index (χ2v) is 13.2. The molecule has 2 amide bonds. The fraction of sp³-hybridized carbons (Fsp3) is 0.257. The number of benzene rings is 4. The zero-order valence-corrected chi connectivity index (χ0v) is 27.5. The molecule has 11 nitrogen and oxygen atoms in total. The maximum Gasteiger partial charge on any atom is 0.273 e. The molecule has 1 N–H and O–H groups in total. The van der Waals surface area contributed by atoms with Crippen LogP contribution >= 0.6 is 0 Å². The SMILES string of the molecule is COc1ccc(N(CC(=O)N(Cc2ccccc2)C(Cc2ccccc2)C(=O)NC(C)C)S(=O)(=O)c2ccc(C)c([N+](=O)[O-])c2)cc1. The van der Waals surface area contributed by atoms with Gasteiger partial charge in [-0.05, 0) is 62.2 Å². The van der Waals surface area contributed by atoms with Gasteiger partial charge in [-0.1, -0.05) is 66.7 Å². The molecule has 0 radical (unpaired) electrons. The summed E-state index contributed by atoms with van der Waals surface area (Å²) in [5, 5.41) is 14.6. The molecule has 47 heavy (non-hydrogen) atoms. The number of ether oxygens (including phenoxy) is 1. The Morgan fingerprint density at radius 3 is 2.04 bits per heavy atom. The zero-order valence-electron chi connectivity index (χ0n) is 26.7. The molecule has 1 atom stereocenters. The summed E-state index contributed by atoms with van der Waals surface area (Å²) in [6.07, 6.45) is 0.178. The molecule has 246 valence electrons. The predicted octanol–water partition coefficient (Wildman–Crippen LogP) is 5.27. The first-order valence-electron chi connectivity index (χ1n) is 15.0. The molecule has 1 unspecified atom stereocenters. The fourth-order valence-corrected chi connectivity index (χ4v) is 6.50. The van der Waals surface area contributed by atoms with Gasteiger partial charge in [0, 0.05) is 30.6 Å². The average molecular weight is 659 g/mol. The zero-order chi connectivity index (χ0) is 34.1. The van der Waals surface area contributed by atoms with Crippen LogP contribution in [0, 0.1) is 17.0 Å². The summed E-state index contributed by atoms with van der Waals surface area (Å²) >= 11 is 0. The highest BCUT2D eigenvalue weighted by molar-refractivity contribution is 7.92. The molecule has 0 spiro atoms. The highest BCUT2D eigenvalue weighted by Gasteiger charge is 2.35. The van der Waals surface area contributed by atoms with E-state index in [-0.39, 0.29) is 46.7 Å². The van der Waals surface area contributed by atoms with Crippen LogP contribution in [0.1, 0.15) is 30.5 Å². The first kappa shape index (κ1) is 34.6. The van der Waals surface area contributed by atoms with Gasteiger partial charge in [-0.2, -0.15) is 0 Å². The summed E-state index contributed by atoms with van der Waals surface area (Å²) in [5.41, 5.74) is 1.60. The molecular formula is C35H38N4O7S. The number of methoxy groups -OCH3 is 1. The van der Waals surface area contributed by atoms with Gasteiger partial charge in [0.25, 0.3) is 15.7 Å². The Balaban J connectivity index is 1.83. The number of nitrogens with one attached hydrogen (secondary N) is 1. The summed E-state index contributed by atoms with van der Waals surface area (Å²) in [7, 11) is -3.06. The Morgan fingerprint density at radius 2 is 1.49 bits per heavy atom. The number of nitro benzene ring substituents is 1. The quantitative estimate of drug-likeness (QED) is 0.144. The van der Waals surface area contributed by atoms with E-state index in [2.05, 4.69) is 5.32 Å². The Morgan fingerprint density at radius 1 is 0.894 bits per heavy atom. The smallest absolute Gasteiger partial charge is 0.273 e. The monoisotopic (exact) mass is 658 g/mol. The van der Waals surface area contributed by atoms with E-state index in [0.29, 0.717) is 5.75 Å². The van der Waals surface area contributed by atoms with Crippen molar-refractivity contribution in [3.63, 3.8) is 0 Å². The molecule has 0 fully saturated rings. The number of sulfonamides is 1. The summed E-state index contributed by atoms with van der Waals surface area (Å²) in [6.45, 7) is 4.48. The van der Waals surface area contributed by atoms with E-state index in [1.165, 1.54) is 43.2 Å². The maximum atomic E-state index is 14.5. The maximum absolute atomic E-state index is 14.5. The van der Waals surface area contributed by atoms with Crippen LogP contribution < -0.4 is 14.4 Å². The number of nitrogens with zero attached hydrogens (tertiary/aromatic N) is 3. The lowest BCUT2D eigenvalue weighted by Gasteiger charge is -2.34. The van der Waals surface area contributed by atoms with Gasteiger partial charge in [-0.15, -0.1) is 0 Å². The third-order valence-corrected chi connectivity index (χ3v) is 9.27. The molecule has 0 aliphatic carbocycles. The van der Waals surface area contributed by atoms with Crippen LogP contribution in [0.2, 0.25) is 0 Å². The molecule has 0 saturated heterocycles. The third kappa shape index (κ3) is 8.73. The van der Waals surface area contributed by atoms with Gasteiger partial charge < -0.3 is 15.0 Å². The Bertz CT molecular complexity index is 1800. The number of amides is 2. The minimum atomic E-state index is -4.53. The summed E-state index contributed by atoms with van der Waals surface area (Å²) in [6, 6.07) is 26.9. The van der Waals surface area contributed by atoms with Crippen LogP contribution in [-0.2, 0) is 32.6 Å². The van der Waals surface area contributed by atoms with E-state index in [4.69, 9.17) is 4.74 Å². The van der Waals surface area contributed by atoms with E-state index in [0.717, 1.165) is 21.5 Å². The second kappa shape index (κ2) is 15.4. The third-order valence-electron chi connectivity index (χ3n) is 7.50. The van der Waals surface area contributed by atoms with Crippen molar-refractivity contribution < 1.29 is 27.7 Å². The minimum Gasteiger partial charge on any atom is -0.497 e. The molecule has 0 aliphatic heterocycles. The van der Waals surface area contributed by atoms with Gasteiger partial charge >= 0.3 is 0 Å². The molecular weight excluding hydrogens is 620 g/mol. The van der Waals surface area contributed by atoms with Crippen molar-refractivity contribution in [1.82, 2.24) is 10.2 Å². The second-order valence-electron chi connectivity index (χ2n) is 11.3. The van der Waals surface area contributed by atoms with Gasteiger partial charge in [-0.25, -0.2) is 8.42 Å². The van der Waals surface area contributed by atoms with Crippen molar-refractivity contribution in [3.8, 4) is 5.75 Å². The lowest BCUT2D eigenvalue weighted by molar-refractivity contribution is -0.385. The van der Waals surface area contributed by atoms with Gasteiger partial charge in [-0.3, -0.25) is 24.0 Å². The van der Waals surface area contributed by atoms with Crippen LogP contribution in [0.4, 0.5) is 11.4 Å². The van der Waals surface area contributed by atoms with Gasteiger partial charge in [0.05, 0.1) is 22.6 Å². The molecule has 4 aromatic rings. The number of aryl methyl sites for hydroxylation is 1. The van der Waals surface area contributed by atoms with Crippen LogP contribution in [0.15, 0.2) is 108 Å². The topological polar surface area (TPSA) is 139 Å². The first-order valence-corrected chi connectivity index (χ1v) is 16.4. The van der Waals surface area contributed by atoms with Crippen molar-refractivity contribution >= 4 is 33.2 Å². The Labute approximate surface area is 275 Å². The van der Waals surface area contributed by atoms with Crippen molar-refractivity contribution in [2.24, 2.45) is 0 Å². The van der Waals surface area contributed by atoms with Crippen molar-refractivity contribution in [1.29, 1.82) is 0 Å². The average Bonchev–Trinajstić information content (AvgIpc) is 3.05. The lowest BCUT2D eigenvalue weighted by Crippen LogP contribution is -2.54. The van der Waals surface area contributed by atoms with Gasteiger partial charge in [0.1, 0.15) is 18.3 Å². The number of rotatable bonds is 14. The normalized spacial score (nSPS) is 11.9. The van der Waals surface area contributed by atoms with Crippen molar-refractivity contribution in [2.75, 3.05) is 18.0 Å². The van der Waals surface area contributed by atoms with Crippen molar-refractivity contribution in [2.45, 2.75) is 50.7 Å². The molecule has 0 heterocycles. The van der Waals surface area contributed by atoms with Crippen LogP contribution in [0.25, 0.3) is 0 Å². The number of nitro groups is 1. The molecule has 4 rings (SSSR count). The summed E-state index contributed by atoms with van der Waals surface area (Å²) in [4.78, 5) is 40.3. The van der Waals surface area contributed by atoms with E-state index in [9.17, 15) is 28.1 Å². The summed E-state index contributed by atoms with van der Waals surface area (Å²) in [5.74, 6) is -0.571. The lowest BCUT2D eigenvalue weighted by atomic mass is 10.0. The van der Waals surface area contributed by atoms with Crippen LogP contribution in [0.3, 0.4) is 0 Å². The van der Waals surface area contributed by atoms with E-state index in [1.54, 1.807) is 12.1 Å². The number of hydrogen-bond donors (Lipinski definition) is 1. The van der Waals surface area contributed by atoms with Crippen molar-refractivity contribution in [3.05, 3.63) is 130 Å². The summed E-state index contributed by atoms with van der Waals surface area (Å²) < 4.78 is 34.7. The molecule has 0 bridgehead atoms. The number of hydrogen-bond acceptors (Lipinski definition) is 7. The highest BCUT2D eigenvalue weighted by atomic mass is 32.2. The predicted molar refractivity (Wildman–Crippen MR) is 180 cm³/mol. The number of carbonyl (C=O) groups is 2. The van der Waals surface area contributed by atoms with Gasteiger partial charge in [0.2, 0.25) is 11.8 Å². The fourth-order valence-electron chi connectivity index (χ4n) is 5.07. The molecule has 4 aromatic carbocycles. The van der Waals surface area contributed by atoms with E-state index >= 15 is 0 Å².